The summed E-state index contributed by atoms with van der Waals surface area (Å²) in [7, 11) is 3.62. The van der Waals surface area contributed by atoms with Crippen LogP contribution in [-0.4, -0.2) is 43.9 Å². The number of hydrogen-bond donors (Lipinski definition) is 0. The van der Waals surface area contributed by atoms with Crippen molar-refractivity contribution in [3.8, 4) is 0 Å². The third kappa shape index (κ3) is 3.29. The van der Waals surface area contributed by atoms with Crippen molar-refractivity contribution in [3.05, 3.63) is 0 Å². The van der Waals surface area contributed by atoms with Gasteiger partial charge in [0.05, 0.1) is 0 Å². The van der Waals surface area contributed by atoms with E-state index in [1.807, 2.05) is 14.1 Å². The van der Waals surface area contributed by atoms with Gasteiger partial charge in [-0.25, -0.2) is 0 Å². The zero-order valence-corrected chi connectivity index (χ0v) is 7.80. The number of nitrogens with zero attached hydrogens (tertiary/aromatic N) is 1. The zero-order valence-electron chi connectivity index (χ0n) is 5.47. The predicted molar refractivity (Wildman–Crippen MR) is 35.3 cm³/mol. The molecule has 0 saturated carbocycles. The Bertz CT molecular complexity index is 82.5. The summed E-state index contributed by atoms with van der Waals surface area (Å²) < 4.78 is 1.42. The summed E-state index contributed by atoms with van der Waals surface area (Å²) >= 11 is -0.345. The molecule has 0 aliphatic rings. The monoisotopic (exact) mass is 231 g/mol. The molecule has 3 heteroatoms. The minimum atomic E-state index is -0.345. The first-order chi connectivity index (χ1) is 3.68. The Morgan fingerprint density at radius 2 is 2.12 bits per heavy atom. The van der Waals surface area contributed by atoms with Crippen LogP contribution in [0.25, 0.3) is 0 Å². The fraction of sp³-hybridized carbons (Fsp3) is 0.800. The summed E-state index contributed by atoms with van der Waals surface area (Å²) in [6.45, 7) is 2.06. The fourth-order valence-corrected chi connectivity index (χ4v) is 1.69. The first-order valence-electron chi connectivity index (χ1n) is 2.52. The van der Waals surface area contributed by atoms with E-state index in [1.54, 1.807) is 4.90 Å². The number of hydrogen-bond acceptors (Lipinski definition) is 1. The average molecular weight is 229 g/mol. The van der Waals surface area contributed by atoms with Crippen LogP contribution < -0.4 is 0 Å². The van der Waals surface area contributed by atoms with Gasteiger partial charge < -0.3 is 0 Å². The number of carbonyl (C=O) groups is 1. The van der Waals surface area contributed by atoms with E-state index in [9.17, 15) is 4.79 Å². The Morgan fingerprint density at radius 3 is 2.25 bits per heavy atom. The molecular formula is C5H11NOTe. The summed E-state index contributed by atoms with van der Waals surface area (Å²) in [6.07, 6.45) is 0. The van der Waals surface area contributed by atoms with Crippen molar-refractivity contribution in [2.24, 2.45) is 0 Å². The van der Waals surface area contributed by atoms with Gasteiger partial charge in [-0.15, -0.1) is 0 Å². The van der Waals surface area contributed by atoms with Crippen LogP contribution in [0.5, 0.6) is 0 Å². The van der Waals surface area contributed by atoms with Gasteiger partial charge in [-0.2, -0.15) is 0 Å². The second-order valence-electron chi connectivity index (χ2n) is 1.59. The van der Waals surface area contributed by atoms with Crippen LogP contribution >= 0.6 is 0 Å². The van der Waals surface area contributed by atoms with Crippen LogP contribution in [0.15, 0.2) is 0 Å². The van der Waals surface area contributed by atoms with Gasteiger partial charge in [-0.1, -0.05) is 0 Å². The molecule has 0 atom stereocenters. The van der Waals surface area contributed by atoms with E-state index in [4.69, 9.17) is 0 Å². The molecule has 0 radical (unpaired) electrons. The molecule has 2 nitrogen and oxygen atoms in total. The molecule has 0 unspecified atom stereocenters. The molecule has 8 heavy (non-hydrogen) atoms. The second-order valence-corrected chi connectivity index (χ2v) is 5.06. The normalized spacial score (nSPS) is 8.88. The van der Waals surface area contributed by atoms with Crippen LogP contribution in [0.2, 0.25) is 4.47 Å². The molecule has 0 aromatic rings. The first kappa shape index (κ1) is 8.26. The quantitative estimate of drug-likeness (QED) is 0.641. The van der Waals surface area contributed by atoms with E-state index < -0.39 is 0 Å². The van der Waals surface area contributed by atoms with Crippen molar-refractivity contribution in [3.63, 3.8) is 0 Å². The van der Waals surface area contributed by atoms with Crippen molar-refractivity contribution >= 4 is 24.9 Å². The van der Waals surface area contributed by atoms with Crippen molar-refractivity contribution in [1.82, 2.24) is 4.90 Å². The van der Waals surface area contributed by atoms with E-state index >= 15 is 0 Å². The maximum absolute atomic E-state index is 10.7. The van der Waals surface area contributed by atoms with E-state index in [0.717, 1.165) is 4.47 Å². The molecule has 0 rings (SSSR count). The van der Waals surface area contributed by atoms with Gasteiger partial charge >= 0.3 is 60.1 Å². The average Bonchev–Trinajstić information content (AvgIpc) is 1.67. The molecule has 0 spiro atoms. The summed E-state index contributed by atoms with van der Waals surface area (Å²) in [5, 5.41) is 0. The fourth-order valence-electron chi connectivity index (χ4n) is 0.253. The molecule has 0 aliphatic carbocycles. The Kier molecular flexibility index (Phi) is 4.30. The minimum absolute atomic E-state index is 0.345. The van der Waals surface area contributed by atoms with E-state index in [2.05, 4.69) is 6.92 Å². The van der Waals surface area contributed by atoms with Gasteiger partial charge in [0.2, 0.25) is 0 Å². The summed E-state index contributed by atoms with van der Waals surface area (Å²) in [4.78, 5) is 12.4. The van der Waals surface area contributed by atoms with Crippen LogP contribution in [0.1, 0.15) is 6.92 Å². The molecular weight excluding hydrogens is 218 g/mol. The van der Waals surface area contributed by atoms with Gasteiger partial charge in [-0.05, 0) is 0 Å². The van der Waals surface area contributed by atoms with E-state index in [1.165, 1.54) is 0 Å². The molecule has 0 saturated heterocycles. The van der Waals surface area contributed by atoms with Gasteiger partial charge in [0.15, 0.2) is 0 Å². The SMILES string of the molecule is CC[Te]C(=O)N(C)C. The number of carbonyl (C=O) groups excluding carboxylic acids is 1. The van der Waals surface area contributed by atoms with Crippen LogP contribution in [0.3, 0.4) is 0 Å². The standard InChI is InChI=1S/C5H11NOTe/c1-4-8-5(7)6(2)3/h4H2,1-3H3. The third-order valence-corrected chi connectivity index (χ3v) is 3.20. The molecule has 0 aromatic carbocycles. The van der Waals surface area contributed by atoms with Crippen molar-refractivity contribution in [2.75, 3.05) is 14.1 Å². The molecule has 48 valence electrons. The van der Waals surface area contributed by atoms with Crippen molar-refractivity contribution < 1.29 is 4.79 Å². The predicted octanol–water partition coefficient (Wildman–Crippen LogP) is 0.810. The molecule has 1 amide bonds. The Morgan fingerprint density at radius 1 is 1.62 bits per heavy atom. The first-order valence-corrected chi connectivity index (χ1v) is 5.34. The van der Waals surface area contributed by atoms with Crippen molar-refractivity contribution in [2.45, 2.75) is 11.4 Å². The molecule has 0 aliphatic heterocycles. The van der Waals surface area contributed by atoms with Crippen molar-refractivity contribution in [1.29, 1.82) is 0 Å². The topological polar surface area (TPSA) is 20.3 Å². The van der Waals surface area contributed by atoms with Crippen LogP contribution in [0.4, 0.5) is 4.79 Å². The zero-order chi connectivity index (χ0) is 6.57. The second kappa shape index (κ2) is 4.17. The Hall–Kier alpha value is 0.260. The number of amides is 1. The number of rotatable bonds is 2. The van der Waals surface area contributed by atoms with Crippen LogP contribution in [0, 0.1) is 0 Å². The molecule has 0 fully saturated rings. The van der Waals surface area contributed by atoms with Gasteiger partial charge in [0.25, 0.3) is 0 Å². The molecule has 0 aromatic heterocycles. The van der Waals surface area contributed by atoms with Crippen LogP contribution in [-0.2, 0) is 0 Å². The molecule has 0 heterocycles. The Balaban J connectivity index is 3.33. The summed E-state index contributed by atoms with van der Waals surface area (Å²) in [5.74, 6) is 0. The molecule has 0 bridgehead atoms. The van der Waals surface area contributed by atoms with Gasteiger partial charge in [-0.3, -0.25) is 0 Å². The van der Waals surface area contributed by atoms with E-state index in [0.29, 0.717) is 3.96 Å². The molecule has 0 N–H and O–H groups in total. The summed E-state index contributed by atoms with van der Waals surface area (Å²) in [5.41, 5.74) is 0. The van der Waals surface area contributed by atoms with Gasteiger partial charge in [0.1, 0.15) is 0 Å². The van der Waals surface area contributed by atoms with E-state index in [-0.39, 0.29) is 20.9 Å². The maximum atomic E-state index is 10.7. The van der Waals surface area contributed by atoms with Gasteiger partial charge in [0, 0.05) is 0 Å². The third-order valence-electron chi connectivity index (χ3n) is 0.633. The Labute approximate surface area is 60.3 Å². The summed E-state index contributed by atoms with van der Waals surface area (Å²) in [6, 6.07) is 0.